The van der Waals surface area contributed by atoms with Crippen molar-refractivity contribution in [3.05, 3.63) is 71.2 Å². The molecule has 0 aromatic heterocycles. The number of imide groups is 1. The smallest absolute Gasteiger partial charge is 0.294 e. The van der Waals surface area contributed by atoms with E-state index in [0.29, 0.717) is 17.2 Å². The Hall–Kier alpha value is -3.52. The van der Waals surface area contributed by atoms with Gasteiger partial charge in [0, 0.05) is 6.07 Å². The summed E-state index contributed by atoms with van der Waals surface area (Å²) in [4.78, 5) is 38.3. The summed E-state index contributed by atoms with van der Waals surface area (Å²) in [5.41, 5.74) is 1.39. The summed E-state index contributed by atoms with van der Waals surface area (Å²) >= 11 is 0.804. The minimum Gasteiger partial charge on any atom is -0.497 e. The molecule has 3 amide bonds. The number of anilines is 1. The highest BCUT2D eigenvalue weighted by Crippen LogP contribution is 2.31. The van der Waals surface area contributed by atoms with Gasteiger partial charge >= 0.3 is 0 Å². The monoisotopic (exact) mass is 424 g/mol. The van der Waals surface area contributed by atoms with Crippen molar-refractivity contribution in [2.45, 2.75) is 0 Å². The number of carbonyl (C=O) groups is 3. The number of benzene rings is 2. The SMILES string of the molecule is COc1ccc(NC(=O)CN2C(=O)S/C(=C\C=C\c3ccccc3)C2=O)c(OC)c1. The third-order valence-corrected chi connectivity index (χ3v) is 5.12. The number of ether oxygens (including phenoxy) is 2. The number of hydrogen-bond donors (Lipinski definition) is 1. The zero-order valence-corrected chi connectivity index (χ0v) is 17.3. The maximum absolute atomic E-state index is 12.5. The molecule has 1 N–H and O–H groups in total. The van der Waals surface area contributed by atoms with Crippen molar-refractivity contribution in [1.29, 1.82) is 0 Å². The molecule has 1 aliphatic heterocycles. The fourth-order valence-corrected chi connectivity index (χ4v) is 3.49. The minimum absolute atomic E-state index is 0.266. The molecule has 0 atom stereocenters. The van der Waals surface area contributed by atoms with E-state index in [0.717, 1.165) is 22.2 Å². The minimum atomic E-state index is -0.512. The number of allylic oxidation sites excluding steroid dienone is 2. The molecule has 0 saturated carbocycles. The Labute approximate surface area is 178 Å². The largest absolute Gasteiger partial charge is 0.497 e. The summed E-state index contributed by atoms with van der Waals surface area (Å²) in [6.07, 6.45) is 5.10. The molecule has 0 aliphatic carbocycles. The third kappa shape index (κ3) is 5.09. The van der Waals surface area contributed by atoms with Crippen LogP contribution in [0.25, 0.3) is 6.08 Å². The number of methoxy groups -OCH3 is 2. The van der Waals surface area contributed by atoms with E-state index in [1.54, 1.807) is 30.4 Å². The molecule has 2 aromatic carbocycles. The molecule has 0 radical (unpaired) electrons. The lowest BCUT2D eigenvalue weighted by molar-refractivity contribution is -0.127. The molecule has 1 saturated heterocycles. The Morgan fingerprint density at radius 1 is 1.10 bits per heavy atom. The molecule has 1 aliphatic rings. The van der Waals surface area contributed by atoms with Crippen LogP contribution in [0.4, 0.5) is 10.5 Å². The second kappa shape index (κ2) is 9.80. The van der Waals surface area contributed by atoms with Crippen molar-refractivity contribution in [2.24, 2.45) is 0 Å². The Balaban J connectivity index is 1.64. The van der Waals surface area contributed by atoms with Crippen LogP contribution in [-0.2, 0) is 9.59 Å². The first-order valence-electron chi connectivity index (χ1n) is 9.01. The first-order chi connectivity index (χ1) is 14.5. The molecule has 8 heteroatoms. The topological polar surface area (TPSA) is 84.9 Å². The molecule has 0 unspecified atom stereocenters. The second-order valence-corrected chi connectivity index (χ2v) is 7.17. The van der Waals surface area contributed by atoms with Gasteiger partial charge in [-0.15, -0.1) is 0 Å². The zero-order chi connectivity index (χ0) is 21.5. The number of hydrogen-bond acceptors (Lipinski definition) is 6. The van der Waals surface area contributed by atoms with E-state index in [-0.39, 0.29) is 11.4 Å². The molecule has 3 rings (SSSR count). The van der Waals surface area contributed by atoms with Crippen LogP contribution in [0.15, 0.2) is 65.6 Å². The van der Waals surface area contributed by atoms with Gasteiger partial charge in [0.25, 0.3) is 11.1 Å². The predicted molar refractivity (Wildman–Crippen MR) is 116 cm³/mol. The molecular formula is C22H20N2O5S. The third-order valence-electron chi connectivity index (χ3n) is 4.19. The summed E-state index contributed by atoms with van der Waals surface area (Å²) in [7, 11) is 2.99. The Bertz CT molecular complexity index is 1020. The van der Waals surface area contributed by atoms with Gasteiger partial charge in [0.1, 0.15) is 18.0 Å². The fraction of sp³-hybridized carbons (Fsp3) is 0.136. The van der Waals surface area contributed by atoms with Crippen LogP contribution in [0.3, 0.4) is 0 Å². The van der Waals surface area contributed by atoms with Gasteiger partial charge in [0.2, 0.25) is 5.91 Å². The van der Waals surface area contributed by atoms with Crippen molar-refractivity contribution < 1.29 is 23.9 Å². The molecule has 0 bridgehead atoms. The molecule has 30 heavy (non-hydrogen) atoms. The standard InChI is InChI=1S/C22H20N2O5S/c1-28-16-11-12-17(18(13-16)29-2)23-20(25)14-24-21(26)19(30-22(24)27)10-6-9-15-7-4-3-5-8-15/h3-13H,14H2,1-2H3,(H,23,25)/b9-6+,19-10-. The maximum atomic E-state index is 12.5. The number of nitrogens with one attached hydrogen (secondary N) is 1. The quantitative estimate of drug-likeness (QED) is 0.678. The number of nitrogens with zero attached hydrogens (tertiary/aromatic N) is 1. The van der Waals surface area contributed by atoms with Gasteiger partial charge in [0.05, 0.1) is 24.8 Å². The molecule has 1 heterocycles. The van der Waals surface area contributed by atoms with Crippen molar-refractivity contribution in [3.8, 4) is 11.5 Å². The first kappa shape index (κ1) is 21.2. The van der Waals surface area contributed by atoms with Gasteiger partial charge in [-0.25, -0.2) is 0 Å². The molecule has 2 aromatic rings. The second-order valence-electron chi connectivity index (χ2n) is 6.17. The van der Waals surface area contributed by atoms with E-state index >= 15 is 0 Å². The van der Waals surface area contributed by atoms with Crippen molar-refractivity contribution in [2.75, 3.05) is 26.1 Å². The van der Waals surface area contributed by atoms with Crippen molar-refractivity contribution in [1.82, 2.24) is 4.90 Å². The maximum Gasteiger partial charge on any atom is 0.294 e. The van der Waals surface area contributed by atoms with E-state index < -0.39 is 17.1 Å². The van der Waals surface area contributed by atoms with Crippen LogP contribution in [-0.4, -0.2) is 42.7 Å². The van der Waals surface area contributed by atoms with E-state index in [1.165, 1.54) is 14.2 Å². The van der Waals surface area contributed by atoms with Gasteiger partial charge in [-0.2, -0.15) is 0 Å². The first-order valence-corrected chi connectivity index (χ1v) is 9.82. The van der Waals surface area contributed by atoms with Crippen LogP contribution >= 0.6 is 11.8 Å². The van der Waals surface area contributed by atoms with Gasteiger partial charge in [-0.05, 0) is 35.5 Å². The van der Waals surface area contributed by atoms with Crippen LogP contribution in [0.2, 0.25) is 0 Å². The Kier molecular flexibility index (Phi) is 6.92. The number of carbonyl (C=O) groups excluding carboxylic acids is 3. The lowest BCUT2D eigenvalue weighted by Gasteiger charge is -2.14. The highest BCUT2D eigenvalue weighted by Gasteiger charge is 2.36. The average Bonchev–Trinajstić information content (AvgIpc) is 3.02. The van der Waals surface area contributed by atoms with Gasteiger partial charge in [-0.3, -0.25) is 19.3 Å². The van der Waals surface area contributed by atoms with Crippen LogP contribution in [0, 0.1) is 0 Å². The highest BCUT2D eigenvalue weighted by atomic mass is 32.2. The molecule has 1 fully saturated rings. The summed E-state index contributed by atoms with van der Waals surface area (Å²) in [5, 5.41) is 2.16. The molecule has 7 nitrogen and oxygen atoms in total. The zero-order valence-electron chi connectivity index (χ0n) is 16.5. The molecule has 0 spiro atoms. The van der Waals surface area contributed by atoms with Crippen LogP contribution in [0.5, 0.6) is 11.5 Å². The summed E-state index contributed by atoms with van der Waals surface area (Å²) < 4.78 is 10.4. The molecular weight excluding hydrogens is 404 g/mol. The fourth-order valence-electron chi connectivity index (χ4n) is 2.70. The van der Waals surface area contributed by atoms with Crippen molar-refractivity contribution in [3.63, 3.8) is 0 Å². The van der Waals surface area contributed by atoms with E-state index in [2.05, 4.69) is 5.32 Å². The van der Waals surface area contributed by atoms with Crippen molar-refractivity contribution >= 4 is 40.6 Å². The van der Waals surface area contributed by atoms with Crippen LogP contribution < -0.4 is 14.8 Å². The van der Waals surface area contributed by atoms with Gasteiger partial charge in [0.15, 0.2) is 0 Å². The summed E-state index contributed by atoms with van der Waals surface area (Å²) in [6, 6.07) is 14.5. The van der Waals surface area contributed by atoms with E-state index in [4.69, 9.17) is 9.47 Å². The van der Waals surface area contributed by atoms with E-state index in [9.17, 15) is 14.4 Å². The summed E-state index contributed by atoms with van der Waals surface area (Å²) in [5.74, 6) is -0.0336. The van der Waals surface area contributed by atoms with Gasteiger partial charge < -0.3 is 14.8 Å². The highest BCUT2D eigenvalue weighted by molar-refractivity contribution is 8.18. The Morgan fingerprint density at radius 3 is 2.57 bits per heavy atom. The van der Waals surface area contributed by atoms with Gasteiger partial charge in [-0.1, -0.05) is 42.5 Å². The lowest BCUT2D eigenvalue weighted by atomic mass is 10.2. The number of thioether (sulfide) groups is 1. The number of amides is 3. The predicted octanol–water partition coefficient (Wildman–Crippen LogP) is 3.94. The lowest BCUT2D eigenvalue weighted by Crippen LogP contribution is -2.36. The van der Waals surface area contributed by atoms with Crippen LogP contribution in [0.1, 0.15) is 5.56 Å². The van der Waals surface area contributed by atoms with E-state index in [1.807, 2.05) is 36.4 Å². The average molecular weight is 424 g/mol. The normalized spacial score (nSPS) is 15.1. The molecule has 154 valence electrons. The summed E-state index contributed by atoms with van der Waals surface area (Å²) in [6.45, 7) is -0.389. The number of rotatable bonds is 7. The Morgan fingerprint density at radius 2 is 1.87 bits per heavy atom.